The van der Waals surface area contributed by atoms with E-state index in [0.717, 1.165) is 36.5 Å². The molecule has 0 spiro atoms. The Balaban J connectivity index is 2.49. The molecule has 4 heteroatoms. The van der Waals surface area contributed by atoms with Gasteiger partial charge in [0.25, 0.3) is 0 Å². The lowest BCUT2D eigenvalue weighted by Gasteiger charge is -2.18. The Morgan fingerprint density at radius 2 is 0.762 bits per heavy atom. The molecule has 0 aliphatic rings. The fourth-order valence-electron chi connectivity index (χ4n) is 5.64. The Labute approximate surface area is 261 Å². The summed E-state index contributed by atoms with van der Waals surface area (Å²) in [6, 6.07) is 3.40. The topological polar surface area (TPSA) is 27.2 Å². The van der Waals surface area contributed by atoms with Gasteiger partial charge < -0.3 is 9.47 Å². The number of benzene rings is 1. The van der Waals surface area contributed by atoms with Gasteiger partial charge in [-0.05, 0) is 60.5 Å². The molecule has 0 amide bonds. The van der Waals surface area contributed by atoms with E-state index in [1.807, 2.05) is 0 Å². The largest absolute Gasteiger partial charge is 0.491 e. The van der Waals surface area contributed by atoms with Crippen LogP contribution in [0.15, 0.2) is 12.1 Å². The average molecular weight is 581 g/mol. The Kier molecular flexibility index (Phi) is 20.1. The SMILES string of the molecule is [C-]#[N+]c1cc(OCCC(C)CCCC(C)CCCC(C)C)c(OCCC(C)CCCC(C)CCCC(C)C)cc1[N+]#[C-]. The Bertz CT molecular complexity index is 851. The van der Waals surface area contributed by atoms with Crippen LogP contribution in [0.2, 0.25) is 0 Å². The predicted molar refractivity (Wildman–Crippen MR) is 181 cm³/mol. The molecule has 0 aromatic heterocycles. The van der Waals surface area contributed by atoms with Crippen LogP contribution >= 0.6 is 0 Å². The quantitative estimate of drug-likeness (QED) is 0.114. The van der Waals surface area contributed by atoms with Gasteiger partial charge in [0.2, 0.25) is 0 Å². The lowest BCUT2D eigenvalue weighted by molar-refractivity contribution is 0.237. The molecule has 4 atom stereocenters. The molecule has 1 rings (SSSR count). The third kappa shape index (κ3) is 17.7. The summed E-state index contributed by atoms with van der Waals surface area (Å²) in [6.07, 6.45) is 17.6. The minimum absolute atomic E-state index is 0.336. The summed E-state index contributed by atoms with van der Waals surface area (Å²) >= 11 is 0. The zero-order valence-electron chi connectivity index (χ0n) is 28.6. The van der Waals surface area contributed by atoms with Gasteiger partial charge in [0.15, 0.2) is 11.4 Å². The van der Waals surface area contributed by atoms with Crippen molar-refractivity contribution in [2.75, 3.05) is 13.2 Å². The molecule has 4 nitrogen and oxygen atoms in total. The molecule has 0 saturated heterocycles. The highest BCUT2D eigenvalue weighted by atomic mass is 16.5. The maximum Gasteiger partial charge on any atom is 0.198 e. The highest BCUT2D eigenvalue weighted by molar-refractivity contribution is 5.75. The number of ether oxygens (including phenoxy) is 2. The number of rotatable bonds is 24. The van der Waals surface area contributed by atoms with Crippen LogP contribution in [0.25, 0.3) is 9.69 Å². The minimum atomic E-state index is 0.336. The smallest absolute Gasteiger partial charge is 0.198 e. The first-order valence-electron chi connectivity index (χ1n) is 17.2. The van der Waals surface area contributed by atoms with E-state index in [-0.39, 0.29) is 0 Å². The second-order valence-corrected chi connectivity index (χ2v) is 14.2. The van der Waals surface area contributed by atoms with Crippen molar-refractivity contribution in [3.05, 3.63) is 35.0 Å². The zero-order chi connectivity index (χ0) is 31.3. The summed E-state index contributed by atoms with van der Waals surface area (Å²) < 4.78 is 12.4. The van der Waals surface area contributed by atoms with Crippen molar-refractivity contribution in [3.8, 4) is 11.5 Å². The minimum Gasteiger partial charge on any atom is -0.491 e. The van der Waals surface area contributed by atoms with Crippen molar-refractivity contribution in [1.82, 2.24) is 0 Å². The van der Waals surface area contributed by atoms with Crippen LogP contribution in [-0.4, -0.2) is 13.2 Å². The maximum atomic E-state index is 7.50. The van der Waals surface area contributed by atoms with E-state index in [4.69, 9.17) is 22.6 Å². The van der Waals surface area contributed by atoms with Crippen molar-refractivity contribution >= 4 is 11.4 Å². The number of hydrogen-bond acceptors (Lipinski definition) is 2. The second-order valence-electron chi connectivity index (χ2n) is 14.2. The molecular formula is C38H64N2O2. The van der Waals surface area contributed by atoms with Crippen LogP contribution < -0.4 is 9.47 Å². The van der Waals surface area contributed by atoms with Crippen LogP contribution in [0.1, 0.15) is 145 Å². The van der Waals surface area contributed by atoms with Crippen molar-refractivity contribution in [2.24, 2.45) is 35.5 Å². The predicted octanol–water partition coefficient (Wildman–Crippen LogP) is 12.9. The summed E-state index contributed by atoms with van der Waals surface area (Å²) in [5.74, 6) is 5.63. The molecule has 42 heavy (non-hydrogen) atoms. The third-order valence-corrected chi connectivity index (χ3v) is 8.76. The van der Waals surface area contributed by atoms with Crippen molar-refractivity contribution in [2.45, 2.75) is 145 Å². The van der Waals surface area contributed by atoms with E-state index in [1.54, 1.807) is 12.1 Å². The molecule has 1 aromatic carbocycles. The summed E-state index contributed by atoms with van der Waals surface area (Å²) in [5, 5.41) is 0. The van der Waals surface area contributed by atoms with Crippen molar-refractivity contribution < 1.29 is 9.47 Å². The average Bonchev–Trinajstić information content (AvgIpc) is 2.92. The molecule has 0 aliphatic carbocycles. The first-order valence-corrected chi connectivity index (χ1v) is 17.2. The Hall–Kier alpha value is -2.20. The van der Waals surface area contributed by atoms with E-state index in [2.05, 4.69) is 65.1 Å². The summed E-state index contributed by atoms with van der Waals surface area (Å²) in [4.78, 5) is 7.12. The summed E-state index contributed by atoms with van der Waals surface area (Å²) in [7, 11) is 0. The second kappa shape index (κ2) is 22.4. The maximum absolute atomic E-state index is 7.50. The molecule has 0 bridgehead atoms. The molecule has 4 unspecified atom stereocenters. The van der Waals surface area contributed by atoms with Gasteiger partial charge in [0.05, 0.1) is 26.4 Å². The molecule has 0 radical (unpaired) electrons. The Morgan fingerprint density at radius 3 is 1.05 bits per heavy atom. The van der Waals surface area contributed by atoms with Gasteiger partial charge in [-0.3, -0.25) is 0 Å². The molecule has 0 aliphatic heterocycles. The molecule has 0 heterocycles. The van der Waals surface area contributed by atoms with Crippen LogP contribution in [-0.2, 0) is 0 Å². The van der Waals surface area contributed by atoms with Crippen molar-refractivity contribution in [3.63, 3.8) is 0 Å². The fourth-order valence-corrected chi connectivity index (χ4v) is 5.64. The monoisotopic (exact) mass is 580 g/mol. The van der Waals surface area contributed by atoms with E-state index in [9.17, 15) is 0 Å². The first-order chi connectivity index (χ1) is 20.0. The summed E-state index contributed by atoms with van der Waals surface area (Å²) in [6.45, 7) is 34.9. The van der Waals surface area contributed by atoms with E-state index >= 15 is 0 Å². The number of hydrogen-bond donors (Lipinski definition) is 0. The van der Waals surface area contributed by atoms with Gasteiger partial charge in [0.1, 0.15) is 11.5 Å². The molecule has 0 N–H and O–H groups in total. The highest BCUT2D eigenvalue weighted by Gasteiger charge is 2.15. The zero-order valence-corrected chi connectivity index (χ0v) is 28.6. The van der Waals surface area contributed by atoms with Crippen molar-refractivity contribution in [1.29, 1.82) is 0 Å². The van der Waals surface area contributed by atoms with Gasteiger partial charge in [-0.1, -0.05) is 132 Å². The van der Waals surface area contributed by atoms with Gasteiger partial charge >= 0.3 is 0 Å². The summed E-state index contributed by atoms with van der Waals surface area (Å²) in [5.41, 5.74) is 0.672. The molecule has 0 saturated carbocycles. The first kappa shape index (κ1) is 37.8. The fraction of sp³-hybridized carbons (Fsp3) is 0.789. The van der Waals surface area contributed by atoms with Crippen LogP contribution in [0, 0.1) is 48.7 Å². The molecule has 0 fully saturated rings. The lowest BCUT2D eigenvalue weighted by Crippen LogP contribution is -2.08. The highest BCUT2D eigenvalue weighted by Crippen LogP contribution is 2.40. The lowest BCUT2D eigenvalue weighted by atomic mass is 9.93. The van der Waals surface area contributed by atoms with Crippen LogP contribution in [0.4, 0.5) is 11.4 Å². The van der Waals surface area contributed by atoms with Gasteiger partial charge in [0, 0.05) is 0 Å². The van der Waals surface area contributed by atoms with E-state index in [1.165, 1.54) is 77.0 Å². The Morgan fingerprint density at radius 1 is 0.476 bits per heavy atom. The van der Waals surface area contributed by atoms with Gasteiger partial charge in [-0.2, -0.15) is 0 Å². The molecule has 238 valence electrons. The molecule has 1 aromatic rings. The number of nitrogens with zero attached hydrogens (tertiary/aromatic N) is 2. The van der Waals surface area contributed by atoms with E-state index in [0.29, 0.717) is 47.9 Å². The van der Waals surface area contributed by atoms with Gasteiger partial charge in [-0.25, -0.2) is 9.69 Å². The van der Waals surface area contributed by atoms with E-state index < -0.39 is 0 Å². The van der Waals surface area contributed by atoms with Gasteiger partial charge in [-0.15, -0.1) is 0 Å². The van der Waals surface area contributed by atoms with Crippen LogP contribution in [0.3, 0.4) is 0 Å². The third-order valence-electron chi connectivity index (χ3n) is 8.76. The standard InChI is InChI=1S/C38H64N2O2/c1-29(2)15-11-17-31(5)19-13-21-33(7)23-25-41-37-27-35(39-9)36(40-10)28-38(37)42-26-24-34(8)22-14-20-32(6)18-12-16-30(3)4/h27-34H,11-26H2,1-8H3. The van der Waals surface area contributed by atoms with Crippen LogP contribution in [0.5, 0.6) is 11.5 Å². The normalized spacial score (nSPS) is 14.3. The molecular weight excluding hydrogens is 516 g/mol.